The third kappa shape index (κ3) is 3.11. The van der Waals surface area contributed by atoms with Gasteiger partial charge in [0, 0.05) is 44.8 Å². The highest BCUT2D eigenvalue weighted by Gasteiger charge is 2.26. The molecule has 3 heterocycles. The van der Waals surface area contributed by atoms with E-state index in [4.69, 9.17) is 0 Å². The van der Waals surface area contributed by atoms with Gasteiger partial charge in [0.05, 0.1) is 11.8 Å². The second-order valence-electron chi connectivity index (χ2n) is 7.07. The number of hydrogen-bond donors (Lipinski definition) is 1. The highest BCUT2D eigenvalue weighted by atomic mass is 16.2. The molecule has 146 valence electrons. The minimum atomic E-state index is -0.194. The number of benzene rings is 1. The first kappa shape index (κ1) is 18.4. The summed E-state index contributed by atoms with van der Waals surface area (Å²) in [5.41, 5.74) is 3.96. The Morgan fingerprint density at radius 3 is 2.71 bits per heavy atom. The van der Waals surface area contributed by atoms with E-state index in [1.807, 2.05) is 32.0 Å². The van der Waals surface area contributed by atoms with Crippen LogP contribution in [-0.4, -0.2) is 38.1 Å². The molecule has 0 saturated carbocycles. The van der Waals surface area contributed by atoms with Gasteiger partial charge >= 0.3 is 0 Å². The minimum Gasteiger partial charge on any atom is -0.352 e. The van der Waals surface area contributed by atoms with Crippen molar-refractivity contribution in [3.63, 3.8) is 0 Å². The molecule has 1 aromatic carbocycles. The fourth-order valence-electron chi connectivity index (χ4n) is 4.04. The molecule has 1 amide bonds. The second kappa shape index (κ2) is 7.59. The van der Waals surface area contributed by atoms with Crippen LogP contribution in [0.1, 0.15) is 41.0 Å². The summed E-state index contributed by atoms with van der Waals surface area (Å²) in [6.45, 7) is 7.41. The number of aromatic nitrogens is 3. The van der Waals surface area contributed by atoms with Crippen molar-refractivity contribution in [2.24, 2.45) is 0 Å². The Morgan fingerprint density at radius 2 is 2.00 bits per heavy atom. The van der Waals surface area contributed by atoms with Gasteiger partial charge in [-0.05, 0) is 19.4 Å². The molecule has 0 aliphatic carbocycles. The molecule has 2 aromatic heterocycles. The lowest BCUT2D eigenvalue weighted by Gasteiger charge is -2.30. The highest BCUT2D eigenvalue weighted by Crippen LogP contribution is 2.22. The van der Waals surface area contributed by atoms with E-state index in [1.165, 1.54) is 16.3 Å². The summed E-state index contributed by atoms with van der Waals surface area (Å²) < 4.78 is 3.47. The second-order valence-corrected chi connectivity index (χ2v) is 7.07. The van der Waals surface area contributed by atoms with E-state index >= 15 is 0 Å². The number of nitrogens with zero attached hydrogens (tertiary/aromatic N) is 4. The quantitative estimate of drug-likeness (QED) is 0.734. The van der Waals surface area contributed by atoms with E-state index in [0.29, 0.717) is 30.8 Å². The van der Waals surface area contributed by atoms with Gasteiger partial charge in [-0.2, -0.15) is 9.61 Å². The maximum atomic E-state index is 13.2. The number of amides is 1. The Balaban J connectivity index is 1.76. The average Bonchev–Trinajstić information content (AvgIpc) is 3.15. The van der Waals surface area contributed by atoms with Gasteiger partial charge in [0.1, 0.15) is 5.56 Å². The van der Waals surface area contributed by atoms with Crippen molar-refractivity contribution in [1.82, 2.24) is 24.4 Å². The van der Waals surface area contributed by atoms with Gasteiger partial charge in [-0.1, -0.05) is 30.3 Å². The number of carbonyl (C=O) groups excluding carboxylic acids is 1. The maximum Gasteiger partial charge on any atom is 0.279 e. The monoisotopic (exact) mass is 379 g/mol. The molecular formula is C21H25N5O2. The molecule has 28 heavy (non-hydrogen) atoms. The fourth-order valence-corrected chi connectivity index (χ4v) is 4.04. The van der Waals surface area contributed by atoms with Gasteiger partial charge in [-0.15, -0.1) is 0 Å². The molecule has 7 heteroatoms. The molecule has 0 unspecified atom stereocenters. The van der Waals surface area contributed by atoms with E-state index in [2.05, 4.69) is 32.0 Å². The van der Waals surface area contributed by atoms with E-state index in [1.54, 1.807) is 0 Å². The number of nitrogens with one attached hydrogen (secondary N) is 1. The molecule has 3 aromatic rings. The van der Waals surface area contributed by atoms with Gasteiger partial charge in [0.15, 0.2) is 5.65 Å². The molecule has 1 N–H and O–H groups in total. The lowest BCUT2D eigenvalue weighted by atomic mass is 10.0. The molecule has 0 radical (unpaired) electrons. The summed E-state index contributed by atoms with van der Waals surface area (Å²) in [6, 6.07) is 10.3. The number of fused-ring (bicyclic) bond motifs is 2. The molecule has 7 nitrogen and oxygen atoms in total. The topological polar surface area (TPSA) is 71.6 Å². The summed E-state index contributed by atoms with van der Waals surface area (Å²) in [6.07, 6.45) is 2.28. The van der Waals surface area contributed by atoms with E-state index < -0.39 is 0 Å². The third-order valence-electron chi connectivity index (χ3n) is 5.32. The number of hydrogen-bond acceptors (Lipinski definition) is 4. The highest BCUT2D eigenvalue weighted by molar-refractivity contribution is 5.99. The Hall–Kier alpha value is -2.93. The van der Waals surface area contributed by atoms with Crippen molar-refractivity contribution in [3.8, 4) is 0 Å². The molecule has 0 bridgehead atoms. The maximum absolute atomic E-state index is 13.2. The van der Waals surface area contributed by atoms with Gasteiger partial charge in [-0.3, -0.25) is 14.5 Å². The fraction of sp³-hybridized carbons (Fsp3) is 0.381. The van der Waals surface area contributed by atoms with Crippen LogP contribution >= 0.6 is 0 Å². The standard InChI is InChI=1S/C21H25N5O2/c1-3-22-19(27)16-12-23-26-20(16)25(4-2)18-10-11-24(14-17(18)21(26)28)13-15-8-6-5-7-9-15/h5-9,12H,3-4,10-11,13-14H2,1-2H3,(H,22,27). The van der Waals surface area contributed by atoms with Gasteiger partial charge in [0.25, 0.3) is 11.5 Å². The number of carbonyl (C=O) groups is 1. The van der Waals surface area contributed by atoms with Crippen LogP contribution in [0.5, 0.6) is 0 Å². The van der Waals surface area contributed by atoms with Crippen LogP contribution in [0.4, 0.5) is 0 Å². The number of aryl methyl sites for hydroxylation is 1. The van der Waals surface area contributed by atoms with E-state index in [0.717, 1.165) is 30.8 Å². The summed E-state index contributed by atoms with van der Waals surface area (Å²) in [4.78, 5) is 27.9. The van der Waals surface area contributed by atoms with Gasteiger partial charge < -0.3 is 9.88 Å². The van der Waals surface area contributed by atoms with Crippen LogP contribution in [0.15, 0.2) is 41.3 Å². The Kier molecular flexibility index (Phi) is 5.00. The Bertz CT molecular complexity index is 1070. The van der Waals surface area contributed by atoms with Crippen molar-refractivity contribution >= 4 is 11.6 Å². The van der Waals surface area contributed by atoms with Crippen molar-refractivity contribution < 1.29 is 4.79 Å². The SMILES string of the molecule is CCNC(=O)c1cnn2c(=O)c3c(n(CC)c12)CCN(Cc1ccccc1)C3. The molecule has 1 aliphatic heterocycles. The van der Waals surface area contributed by atoms with Crippen LogP contribution in [0.2, 0.25) is 0 Å². The van der Waals surface area contributed by atoms with Crippen molar-refractivity contribution in [1.29, 1.82) is 0 Å². The Morgan fingerprint density at radius 1 is 1.21 bits per heavy atom. The first-order valence-corrected chi connectivity index (χ1v) is 9.80. The predicted octanol–water partition coefficient (Wildman–Crippen LogP) is 1.82. The first-order chi connectivity index (χ1) is 13.6. The predicted molar refractivity (Wildman–Crippen MR) is 107 cm³/mol. The van der Waals surface area contributed by atoms with E-state index in [-0.39, 0.29) is 11.5 Å². The minimum absolute atomic E-state index is 0.122. The first-order valence-electron chi connectivity index (χ1n) is 9.80. The molecule has 0 atom stereocenters. The summed E-state index contributed by atoms with van der Waals surface area (Å²) in [7, 11) is 0. The van der Waals surface area contributed by atoms with Crippen LogP contribution in [0.25, 0.3) is 5.65 Å². The summed E-state index contributed by atoms with van der Waals surface area (Å²) in [5.74, 6) is -0.194. The van der Waals surface area contributed by atoms with Crippen molar-refractivity contribution in [3.05, 3.63) is 69.3 Å². The normalized spacial score (nSPS) is 14.2. The van der Waals surface area contributed by atoms with Crippen LogP contribution in [-0.2, 0) is 26.1 Å². The molecule has 1 aliphatic rings. The zero-order chi connectivity index (χ0) is 19.7. The molecule has 4 rings (SSSR count). The van der Waals surface area contributed by atoms with Crippen LogP contribution in [0, 0.1) is 0 Å². The summed E-state index contributed by atoms with van der Waals surface area (Å²) >= 11 is 0. The van der Waals surface area contributed by atoms with Gasteiger partial charge in [0.2, 0.25) is 0 Å². The summed E-state index contributed by atoms with van der Waals surface area (Å²) in [5, 5.41) is 7.06. The molecule has 0 spiro atoms. The zero-order valence-electron chi connectivity index (χ0n) is 16.3. The van der Waals surface area contributed by atoms with E-state index in [9.17, 15) is 9.59 Å². The Labute approximate surface area is 163 Å². The molecule has 0 saturated heterocycles. The van der Waals surface area contributed by atoms with Crippen molar-refractivity contribution in [2.45, 2.75) is 39.9 Å². The average molecular weight is 379 g/mol. The lowest BCUT2D eigenvalue weighted by Crippen LogP contribution is -2.38. The van der Waals surface area contributed by atoms with Crippen molar-refractivity contribution in [2.75, 3.05) is 13.1 Å². The lowest BCUT2D eigenvalue weighted by molar-refractivity contribution is 0.0957. The third-order valence-corrected chi connectivity index (χ3v) is 5.32. The molecular weight excluding hydrogens is 354 g/mol. The largest absolute Gasteiger partial charge is 0.352 e. The number of rotatable bonds is 5. The van der Waals surface area contributed by atoms with Crippen LogP contribution in [0.3, 0.4) is 0 Å². The van der Waals surface area contributed by atoms with Gasteiger partial charge in [-0.25, -0.2) is 0 Å². The zero-order valence-corrected chi connectivity index (χ0v) is 16.3. The smallest absolute Gasteiger partial charge is 0.279 e. The molecule has 0 fully saturated rings. The van der Waals surface area contributed by atoms with Crippen LogP contribution < -0.4 is 10.9 Å².